The molecular formula is C9H9N5O2. The first-order chi connectivity index (χ1) is 7.75. The van der Waals surface area contributed by atoms with Crippen LogP contribution in [-0.4, -0.2) is 27.5 Å². The van der Waals surface area contributed by atoms with Crippen molar-refractivity contribution in [3.05, 3.63) is 18.7 Å². The average Bonchev–Trinajstić information content (AvgIpc) is 2.31. The van der Waals surface area contributed by atoms with Gasteiger partial charge in [0.1, 0.15) is 12.0 Å². The second-order valence-corrected chi connectivity index (χ2v) is 3.17. The van der Waals surface area contributed by atoms with Gasteiger partial charge in [-0.2, -0.15) is 5.10 Å². The number of amides is 2. The van der Waals surface area contributed by atoms with Gasteiger partial charge >= 0.3 is 0 Å². The molecule has 1 aliphatic heterocycles. The Hall–Kier alpha value is -2.31. The molecule has 16 heavy (non-hydrogen) atoms. The number of hydrogen-bond donors (Lipinski definition) is 2. The Morgan fingerprint density at radius 1 is 1.31 bits per heavy atom. The quantitative estimate of drug-likeness (QED) is 0.712. The largest absolute Gasteiger partial charge is 0.318 e. The molecule has 0 saturated heterocycles. The van der Waals surface area contributed by atoms with Gasteiger partial charge in [0.25, 0.3) is 5.91 Å². The molecule has 0 aliphatic carbocycles. The van der Waals surface area contributed by atoms with Gasteiger partial charge in [-0.3, -0.25) is 9.59 Å². The summed E-state index contributed by atoms with van der Waals surface area (Å²) in [6, 6.07) is 0. The molecule has 7 nitrogen and oxygen atoms in total. The molecule has 1 aromatic heterocycles. The summed E-state index contributed by atoms with van der Waals surface area (Å²) in [6.07, 6.45) is 4.94. The Labute approximate surface area is 91.0 Å². The summed E-state index contributed by atoms with van der Waals surface area (Å²) in [4.78, 5) is 30.0. The van der Waals surface area contributed by atoms with Gasteiger partial charge < -0.3 is 5.32 Å². The Morgan fingerprint density at radius 3 is 2.69 bits per heavy atom. The molecule has 0 unspecified atom stereocenters. The molecule has 0 saturated carbocycles. The molecule has 0 fully saturated rings. The van der Waals surface area contributed by atoms with E-state index in [0.29, 0.717) is 17.8 Å². The summed E-state index contributed by atoms with van der Waals surface area (Å²) in [5.74, 6) is -0.533. The van der Waals surface area contributed by atoms with Gasteiger partial charge in [-0.15, -0.1) is 0 Å². The Balaban J connectivity index is 2.01. The van der Waals surface area contributed by atoms with Crippen LogP contribution in [0, 0.1) is 0 Å². The molecular weight excluding hydrogens is 210 g/mol. The van der Waals surface area contributed by atoms with Gasteiger partial charge in [0.15, 0.2) is 0 Å². The molecule has 2 heterocycles. The van der Waals surface area contributed by atoms with Gasteiger partial charge in [-0.05, 0) is 0 Å². The topological polar surface area (TPSA) is 96.3 Å². The lowest BCUT2D eigenvalue weighted by Gasteiger charge is -2.11. The Morgan fingerprint density at radius 2 is 2.06 bits per heavy atom. The number of aromatic nitrogens is 2. The molecule has 2 amide bonds. The van der Waals surface area contributed by atoms with E-state index in [9.17, 15) is 9.59 Å². The SMILES string of the molecule is O=C1CCC(C(=O)Nc2cncnc2)=NN1. The Kier molecular flexibility index (Phi) is 2.86. The van der Waals surface area contributed by atoms with Gasteiger partial charge in [0, 0.05) is 12.8 Å². The van der Waals surface area contributed by atoms with Crippen molar-refractivity contribution in [2.45, 2.75) is 12.8 Å². The van der Waals surface area contributed by atoms with E-state index in [1.807, 2.05) is 0 Å². The fourth-order valence-electron chi connectivity index (χ4n) is 1.20. The molecule has 2 N–H and O–H groups in total. The highest BCUT2D eigenvalue weighted by Crippen LogP contribution is 2.04. The molecule has 0 aromatic carbocycles. The maximum atomic E-state index is 11.6. The maximum Gasteiger partial charge on any atom is 0.271 e. The van der Waals surface area contributed by atoms with Gasteiger partial charge in [0.05, 0.1) is 18.1 Å². The van der Waals surface area contributed by atoms with Crippen LogP contribution in [0.1, 0.15) is 12.8 Å². The highest BCUT2D eigenvalue weighted by molar-refractivity contribution is 6.43. The van der Waals surface area contributed by atoms with Crippen molar-refractivity contribution in [1.82, 2.24) is 15.4 Å². The minimum Gasteiger partial charge on any atom is -0.318 e. The standard InChI is InChI=1S/C9H9N5O2/c15-8-2-1-7(13-14-8)9(16)12-6-3-10-5-11-4-6/h3-5H,1-2H2,(H,12,16)(H,14,15). The zero-order valence-electron chi connectivity index (χ0n) is 8.30. The van der Waals surface area contributed by atoms with Crippen molar-refractivity contribution >= 4 is 23.2 Å². The van der Waals surface area contributed by atoms with Crippen molar-refractivity contribution in [3.63, 3.8) is 0 Å². The lowest BCUT2D eigenvalue weighted by atomic mass is 10.1. The summed E-state index contributed by atoms with van der Waals surface area (Å²) in [6.45, 7) is 0. The van der Waals surface area contributed by atoms with Crippen LogP contribution in [0.2, 0.25) is 0 Å². The summed E-state index contributed by atoms with van der Waals surface area (Å²) in [5, 5.41) is 6.25. The summed E-state index contributed by atoms with van der Waals surface area (Å²) in [7, 11) is 0. The van der Waals surface area contributed by atoms with Crippen LogP contribution in [0.4, 0.5) is 5.69 Å². The molecule has 1 aliphatic rings. The third kappa shape index (κ3) is 2.38. The number of carbonyl (C=O) groups excluding carboxylic acids is 2. The van der Waals surface area contributed by atoms with Crippen LogP contribution in [0.15, 0.2) is 23.8 Å². The smallest absolute Gasteiger partial charge is 0.271 e. The van der Waals surface area contributed by atoms with E-state index in [1.165, 1.54) is 18.7 Å². The molecule has 0 spiro atoms. The van der Waals surface area contributed by atoms with Crippen LogP contribution >= 0.6 is 0 Å². The summed E-state index contributed by atoms with van der Waals surface area (Å²) < 4.78 is 0. The van der Waals surface area contributed by atoms with Crippen molar-refractivity contribution in [1.29, 1.82) is 0 Å². The lowest BCUT2D eigenvalue weighted by Crippen LogP contribution is -2.32. The van der Waals surface area contributed by atoms with Crippen LogP contribution in [-0.2, 0) is 9.59 Å². The fraction of sp³-hybridized carbons (Fsp3) is 0.222. The predicted octanol–water partition coefficient (Wildman–Crippen LogP) is -0.319. The first kappa shape index (κ1) is 10.2. The van der Waals surface area contributed by atoms with Gasteiger partial charge in [-0.25, -0.2) is 15.4 Å². The maximum absolute atomic E-state index is 11.6. The number of hydrogen-bond acceptors (Lipinski definition) is 5. The highest BCUT2D eigenvalue weighted by atomic mass is 16.2. The fourth-order valence-corrected chi connectivity index (χ4v) is 1.20. The molecule has 82 valence electrons. The van der Waals surface area contributed by atoms with E-state index in [1.54, 1.807) is 0 Å². The number of anilines is 1. The lowest BCUT2D eigenvalue weighted by molar-refractivity contribution is -0.121. The minimum absolute atomic E-state index is 0.181. The number of rotatable bonds is 2. The minimum atomic E-state index is -0.352. The first-order valence-electron chi connectivity index (χ1n) is 4.67. The van der Waals surface area contributed by atoms with Crippen LogP contribution in [0.5, 0.6) is 0 Å². The Bertz CT molecular complexity index is 442. The number of nitrogens with zero attached hydrogens (tertiary/aromatic N) is 3. The third-order valence-electron chi connectivity index (χ3n) is 1.98. The number of hydrazone groups is 1. The molecule has 2 rings (SSSR count). The average molecular weight is 219 g/mol. The van der Waals surface area contributed by atoms with Crippen LogP contribution < -0.4 is 10.7 Å². The molecule has 7 heteroatoms. The zero-order valence-corrected chi connectivity index (χ0v) is 8.30. The highest BCUT2D eigenvalue weighted by Gasteiger charge is 2.18. The van der Waals surface area contributed by atoms with Crippen molar-refractivity contribution in [2.24, 2.45) is 5.10 Å². The van der Waals surface area contributed by atoms with E-state index in [0.717, 1.165) is 0 Å². The van der Waals surface area contributed by atoms with E-state index < -0.39 is 0 Å². The summed E-state index contributed by atoms with van der Waals surface area (Å²) in [5.41, 5.74) is 3.04. The molecule has 0 bridgehead atoms. The van der Waals surface area contributed by atoms with Crippen molar-refractivity contribution < 1.29 is 9.59 Å². The predicted molar refractivity (Wildman–Crippen MR) is 55.5 cm³/mol. The first-order valence-corrected chi connectivity index (χ1v) is 4.67. The van der Waals surface area contributed by atoms with E-state index in [2.05, 4.69) is 25.8 Å². The second kappa shape index (κ2) is 4.47. The van der Waals surface area contributed by atoms with Crippen LogP contribution in [0.25, 0.3) is 0 Å². The van der Waals surface area contributed by atoms with E-state index in [4.69, 9.17) is 0 Å². The van der Waals surface area contributed by atoms with Crippen LogP contribution in [0.3, 0.4) is 0 Å². The third-order valence-corrected chi connectivity index (χ3v) is 1.98. The monoisotopic (exact) mass is 219 g/mol. The summed E-state index contributed by atoms with van der Waals surface area (Å²) >= 11 is 0. The molecule has 0 radical (unpaired) electrons. The van der Waals surface area contributed by atoms with Crippen molar-refractivity contribution in [3.8, 4) is 0 Å². The zero-order chi connectivity index (χ0) is 11.4. The second-order valence-electron chi connectivity index (χ2n) is 3.17. The number of nitrogens with one attached hydrogen (secondary N) is 2. The number of carbonyl (C=O) groups is 2. The normalized spacial score (nSPS) is 15.0. The van der Waals surface area contributed by atoms with Crippen molar-refractivity contribution in [2.75, 3.05) is 5.32 Å². The van der Waals surface area contributed by atoms with E-state index >= 15 is 0 Å². The van der Waals surface area contributed by atoms with Gasteiger partial charge in [0.2, 0.25) is 5.91 Å². The molecule has 1 aromatic rings. The van der Waals surface area contributed by atoms with E-state index in [-0.39, 0.29) is 18.2 Å². The molecule has 0 atom stereocenters. The van der Waals surface area contributed by atoms with Gasteiger partial charge in [-0.1, -0.05) is 0 Å².